The standard InChI is InChI=1S/C20H20N4O/c1-15-7-9-17(10-8-15)13-24-14-19(22-23-24)12-18(20(21)25)11-16-5-3-2-4-6-16/h2-11,14H,12-13H2,1H3,(H2,21,25). The monoisotopic (exact) mass is 332 g/mol. The Morgan fingerprint density at radius 2 is 1.84 bits per heavy atom. The summed E-state index contributed by atoms with van der Waals surface area (Å²) < 4.78 is 1.77. The van der Waals surface area contributed by atoms with E-state index in [0.717, 1.165) is 11.1 Å². The van der Waals surface area contributed by atoms with Gasteiger partial charge in [0, 0.05) is 18.2 Å². The Labute approximate surface area is 146 Å². The van der Waals surface area contributed by atoms with Crippen LogP contribution in [0.3, 0.4) is 0 Å². The van der Waals surface area contributed by atoms with Crippen molar-refractivity contribution in [3.05, 3.63) is 88.8 Å². The lowest BCUT2D eigenvalue weighted by Crippen LogP contribution is -2.15. The fourth-order valence-electron chi connectivity index (χ4n) is 2.53. The predicted octanol–water partition coefficient (Wildman–Crippen LogP) is 2.75. The number of rotatable bonds is 6. The minimum Gasteiger partial charge on any atom is -0.366 e. The van der Waals surface area contributed by atoms with Crippen molar-refractivity contribution in [2.45, 2.75) is 19.9 Å². The third-order valence-electron chi connectivity index (χ3n) is 3.88. The Hall–Kier alpha value is -3.21. The van der Waals surface area contributed by atoms with Crippen molar-refractivity contribution in [3.63, 3.8) is 0 Å². The lowest BCUT2D eigenvalue weighted by Gasteiger charge is -2.02. The highest BCUT2D eigenvalue weighted by molar-refractivity contribution is 5.96. The Balaban J connectivity index is 1.73. The molecule has 0 saturated carbocycles. The molecule has 3 rings (SSSR count). The van der Waals surface area contributed by atoms with Crippen LogP contribution >= 0.6 is 0 Å². The number of nitrogens with two attached hydrogens (primary N) is 1. The van der Waals surface area contributed by atoms with E-state index in [-0.39, 0.29) is 0 Å². The first-order valence-corrected chi connectivity index (χ1v) is 8.10. The molecule has 0 bridgehead atoms. The van der Waals surface area contributed by atoms with E-state index in [1.807, 2.05) is 36.5 Å². The van der Waals surface area contributed by atoms with Gasteiger partial charge in [-0.25, -0.2) is 4.68 Å². The number of aryl methyl sites for hydroxylation is 1. The summed E-state index contributed by atoms with van der Waals surface area (Å²) >= 11 is 0. The number of carbonyl (C=O) groups excluding carboxylic acids is 1. The summed E-state index contributed by atoms with van der Waals surface area (Å²) in [7, 11) is 0. The first-order chi connectivity index (χ1) is 12.1. The summed E-state index contributed by atoms with van der Waals surface area (Å²) in [5.41, 5.74) is 10.0. The molecule has 126 valence electrons. The molecule has 25 heavy (non-hydrogen) atoms. The molecule has 0 aliphatic heterocycles. The highest BCUT2D eigenvalue weighted by atomic mass is 16.1. The molecule has 0 spiro atoms. The van der Waals surface area contributed by atoms with E-state index in [1.54, 1.807) is 10.8 Å². The second-order valence-corrected chi connectivity index (χ2v) is 6.01. The number of primary amides is 1. The first kappa shape index (κ1) is 16.6. The van der Waals surface area contributed by atoms with Crippen LogP contribution in [0, 0.1) is 6.92 Å². The van der Waals surface area contributed by atoms with E-state index in [0.29, 0.717) is 24.2 Å². The van der Waals surface area contributed by atoms with Crippen LogP contribution in [0.5, 0.6) is 0 Å². The van der Waals surface area contributed by atoms with Crippen LogP contribution in [0.15, 0.2) is 66.4 Å². The molecule has 2 N–H and O–H groups in total. The van der Waals surface area contributed by atoms with Gasteiger partial charge in [0.15, 0.2) is 0 Å². The van der Waals surface area contributed by atoms with Gasteiger partial charge in [-0.2, -0.15) is 0 Å². The van der Waals surface area contributed by atoms with Gasteiger partial charge in [-0.15, -0.1) is 5.10 Å². The van der Waals surface area contributed by atoms with Gasteiger partial charge in [-0.05, 0) is 24.1 Å². The quantitative estimate of drug-likeness (QED) is 0.705. The molecule has 0 aliphatic rings. The SMILES string of the molecule is Cc1ccc(Cn2cc(CC(=Cc3ccccc3)C(N)=O)nn2)cc1. The Kier molecular flexibility index (Phi) is 5.04. The molecule has 3 aromatic rings. The first-order valence-electron chi connectivity index (χ1n) is 8.10. The Morgan fingerprint density at radius 1 is 1.12 bits per heavy atom. The van der Waals surface area contributed by atoms with Crippen molar-refractivity contribution in [3.8, 4) is 0 Å². The van der Waals surface area contributed by atoms with Crippen molar-refractivity contribution in [1.82, 2.24) is 15.0 Å². The zero-order valence-corrected chi connectivity index (χ0v) is 14.1. The third-order valence-corrected chi connectivity index (χ3v) is 3.88. The summed E-state index contributed by atoms with van der Waals surface area (Å²) in [4.78, 5) is 11.7. The van der Waals surface area contributed by atoms with Crippen LogP contribution in [0.1, 0.15) is 22.4 Å². The second-order valence-electron chi connectivity index (χ2n) is 6.01. The molecule has 2 aromatic carbocycles. The minimum atomic E-state index is -0.447. The molecule has 5 heteroatoms. The number of aromatic nitrogens is 3. The average Bonchev–Trinajstić information content (AvgIpc) is 3.04. The van der Waals surface area contributed by atoms with Gasteiger partial charge in [0.25, 0.3) is 0 Å². The number of benzene rings is 2. The maximum absolute atomic E-state index is 11.7. The van der Waals surface area contributed by atoms with Crippen LogP contribution < -0.4 is 5.73 Å². The summed E-state index contributed by atoms with van der Waals surface area (Å²) in [6.07, 6.45) is 4.00. The minimum absolute atomic E-state index is 0.359. The van der Waals surface area contributed by atoms with Gasteiger partial charge in [0.05, 0.1) is 12.2 Å². The molecular weight excluding hydrogens is 312 g/mol. The molecule has 1 aromatic heterocycles. The smallest absolute Gasteiger partial charge is 0.245 e. The fourth-order valence-corrected chi connectivity index (χ4v) is 2.53. The van der Waals surface area contributed by atoms with Crippen molar-refractivity contribution < 1.29 is 4.79 Å². The van der Waals surface area contributed by atoms with Crippen molar-refractivity contribution in [1.29, 1.82) is 0 Å². The van der Waals surface area contributed by atoms with Crippen molar-refractivity contribution >= 4 is 12.0 Å². The molecule has 0 radical (unpaired) electrons. The number of hydrogen-bond acceptors (Lipinski definition) is 3. The number of amides is 1. The predicted molar refractivity (Wildman–Crippen MR) is 97.6 cm³/mol. The van der Waals surface area contributed by atoms with E-state index in [9.17, 15) is 4.79 Å². The molecule has 0 fully saturated rings. The Bertz CT molecular complexity index is 880. The molecule has 0 saturated heterocycles. The van der Waals surface area contributed by atoms with Gasteiger partial charge >= 0.3 is 0 Å². The van der Waals surface area contributed by atoms with Crippen molar-refractivity contribution in [2.75, 3.05) is 0 Å². The Morgan fingerprint density at radius 3 is 2.52 bits per heavy atom. The number of nitrogens with zero attached hydrogens (tertiary/aromatic N) is 3. The normalized spacial score (nSPS) is 11.5. The van der Waals surface area contributed by atoms with Gasteiger partial charge in [0.2, 0.25) is 5.91 Å². The van der Waals surface area contributed by atoms with E-state index in [4.69, 9.17) is 5.73 Å². The molecule has 0 atom stereocenters. The number of hydrogen-bond donors (Lipinski definition) is 1. The molecule has 0 aliphatic carbocycles. The zero-order valence-electron chi connectivity index (χ0n) is 14.1. The van der Waals surface area contributed by atoms with Crippen molar-refractivity contribution in [2.24, 2.45) is 5.73 Å². The zero-order chi connectivity index (χ0) is 17.6. The van der Waals surface area contributed by atoms with Gasteiger partial charge in [0.1, 0.15) is 0 Å². The van der Waals surface area contributed by atoms with Crippen LogP contribution in [0.25, 0.3) is 6.08 Å². The average molecular weight is 332 g/mol. The second kappa shape index (κ2) is 7.57. The lowest BCUT2D eigenvalue weighted by atomic mass is 10.1. The van der Waals surface area contributed by atoms with Crippen LogP contribution in [0.4, 0.5) is 0 Å². The van der Waals surface area contributed by atoms with E-state index in [1.165, 1.54) is 5.56 Å². The maximum atomic E-state index is 11.7. The molecule has 1 amide bonds. The molecular formula is C20H20N4O. The highest BCUT2D eigenvalue weighted by Gasteiger charge is 2.10. The van der Waals surface area contributed by atoms with Gasteiger partial charge in [-0.3, -0.25) is 4.79 Å². The van der Waals surface area contributed by atoms with Crippen LogP contribution in [0.2, 0.25) is 0 Å². The summed E-state index contributed by atoms with van der Waals surface area (Å²) in [6.45, 7) is 2.70. The number of carbonyl (C=O) groups is 1. The largest absolute Gasteiger partial charge is 0.366 e. The van der Waals surface area contributed by atoms with Gasteiger partial charge in [-0.1, -0.05) is 65.4 Å². The summed E-state index contributed by atoms with van der Waals surface area (Å²) in [5, 5.41) is 8.30. The van der Waals surface area contributed by atoms with E-state index >= 15 is 0 Å². The fraction of sp³-hybridized carbons (Fsp3) is 0.150. The van der Waals surface area contributed by atoms with E-state index in [2.05, 4.69) is 41.5 Å². The van der Waals surface area contributed by atoms with Crippen LogP contribution in [-0.4, -0.2) is 20.9 Å². The summed E-state index contributed by atoms with van der Waals surface area (Å²) in [5.74, 6) is -0.447. The third kappa shape index (κ3) is 4.64. The highest BCUT2D eigenvalue weighted by Crippen LogP contribution is 2.12. The lowest BCUT2D eigenvalue weighted by molar-refractivity contribution is -0.114. The maximum Gasteiger partial charge on any atom is 0.245 e. The van der Waals surface area contributed by atoms with E-state index < -0.39 is 5.91 Å². The molecule has 1 heterocycles. The molecule has 0 unspecified atom stereocenters. The molecule has 5 nitrogen and oxygen atoms in total. The topological polar surface area (TPSA) is 73.8 Å². The van der Waals surface area contributed by atoms with Gasteiger partial charge < -0.3 is 5.73 Å². The summed E-state index contributed by atoms with van der Waals surface area (Å²) in [6, 6.07) is 17.9. The van der Waals surface area contributed by atoms with Crippen LogP contribution in [-0.2, 0) is 17.8 Å².